The Balaban J connectivity index is 1.67. The summed E-state index contributed by atoms with van der Waals surface area (Å²) in [6.07, 6.45) is 1.47. The monoisotopic (exact) mass is 341 g/mol. The van der Waals surface area contributed by atoms with Crippen molar-refractivity contribution in [2.24, 2.45) is 0 Å². The average molecular weight is 341 g/mol. The molecule has 0 unspecified atom stereocenters. The summed E-state index contributed by atoms with van der Waals surface area (Å²) in [5.41, 5.74) is 2.16. The summed E-state index contributed by atoms with van der Waals surface area (Å²) in [5.74, 6) is 0.284. The van der Waals surface area contributed by atoms with E-state index in [1.807, 2.05) is 51.1 Å². The van der Waals surface area contributed by atoms with Crippen LogP contribution in [0.2, 0.25) is 0 Å². The molecule has 0 saturated heterocycles. The van der Waals surface area contributed by atoms with Crippen molar-refractivity contribution in [3.8, 4) is 5.88 Å². The third-order valence-corrected chi connectivity index (χ3v) is 5.06. The van der Waals surface area contributed by atoms with E-state index in [4.69, 9.17) is 4.74 Å². The summed E-state index contributed by atoms with van der Waals surface area (Å²) in [7, 11) is 0. The van der Waals surface area contributed by atoms with Gasteiger partial charge in [-0.15, -0.1) is 11.3 Å². The second kappa shape index (κ2) is 6.97. The van der Waals surface area contributed by atoms with E-state index in [2.05, 4.69) is 15.3 Å². The van der Waals surface area contributed by atoms with Crippen molar-refractivity contribution in [3.05, 3.63) is 52.7 Å². The van der Waals surface area contributed by atoms with Gasteiger partial charge in [0.2, 0.25) is 5.88 Å². The number of rotatable bonds is 5. The van der Waals surface area contributed by atoms with Crippen LogP contribution in [0.4, 0.5) is 0 Å². The average Bonchev–Trinajstić information content (AvgIpc) is 2.89. The first-order valence-electron chi connectivity index (χ1n) is 7.74. The van der Waals surface area contributed by atoms with E-state index in [1.165, 1.54) is 11.2 Å². The number of carbonyl (C=O) groups is 1. The molecule has 1 N–H and O–H groups in total. The molecule has 1 amide bonds. The van der Waals surface area contributed by atoms with E-state index < -0.39 is 0 Å². The van der Waals surface area contributed by atoms with Crippen molar-refractivity contribution >= 4 is 27.5 Å². The molecule has 0 aliphatic carbocycles. The summed E-state index contributed by atoms with van der Waals surface area (Å²) in [5, 5.41) is 3.82. The number of aryl methyl sites for hydroxylation is 2. The van der Waals surface area contributed by atoms with E-state index >= 15 is 0 Å². The Morgan fingerprint density at radius 2 is 2.00 bits per heavy atom. The van der Waals surface area contributed by atoms with Gasteiger partial charge in [-0.25, -0.2) is 9.97 Å². The molecule has 0 aliphatic rings. The molecule has 0 spiro atoms. The SMILES string of the molecule is Cc1sc2ncnc(OCC(=O)N[C@H](C)c3ccccc3)c2c1C. The summed E-state index contributed by atoms with van der Waals surface area (Å²) < 4.78 is 5.66. The van der Waals surface area contributed by atoms with Gasteiger partial charge in [0.25, 0.3) is 5.91 Å². The highest BCUT2D eigenvalue weighted by atomic mass is 32.1. The lowest BCUT2D eigenvalue weighted by atomic mass is 10.1. The molecule has 124 valence electrons. The van der Waals surface area contributed by atoms with Crippen molar-refractivity contribution in [1.82, 2.24) is 15.3 Å². The van der Waals surface area contributed by atoms with Crippen LogP contribution in [0.15, 0.2) is 36.7 Å². The Hall–Kier alpha value is -2.47. The molecule has 0 aliphatic heterocycles. The first-order valence-corrected chi connectivity index (χ1v) is 8.55. The first kappa shape index (κ1) is 16.4. The fourth-order valence-corrected chi connectivity index (χ4v) is 3.49. The third kappa shape index (κ3) is 3.38. The maximum Gasteiger partial charge on any atom is 0.258 e. The Labute approximate surface area is 144 Å². The predicted octanol–water partition coefficient (Wildman–Crippen LogP) is 3.56. The molecule has 3 rings (SSSR count). The van der Waals surface area contributed by atoms with Crippen molar-refractivity contribution in [3.63, 3.8) is 0 Å². The minimum Gasteiger partial charge on any atom is -0.467 e. The smallest absolute Gasteiger partial charge is 0.258 e. The second-order valence-corrected chi connectivity index (χ2v) is 6.83. The summed E-state index contributed by atoms with van der Waals surface area (Å²) in [6, 6.07) is 9.75. The predicted molar refractivity (Wildman–Crippen MR) is 95.4 cm³/mol. The Morgan fingerprint density at radius 1 is 1.25 bits per heavy atom. The fourth-order valence-electron chi connectivity index (χ4n) is 2.50. The Morgan fingerprint density at radius 3 is 2.75 bits per heavy atom. The van der Waals surface area contributed by atoms with Crippen LogP contribution in [0, 0.1) is 13.8 Å². The molecule has 0 bridgehead atoms. The lowest BCUT2D eigenvalue weighted by Crippen LogP contribution is -2.31. The molecule has 3 aromatic rings. The van der Waals surface area contributed by atoms with Gasteiger partial charge in [-0.3, -0.25) is 4.79 Å². The highest BCUT2D eigenvalue weighted by molar-refractivity contribution is 7.18. The van der Waals surface area contributed by atoms with Gasteiger partial charge in [-0.2, -0.15) is 0 Å². The maximum absolute atomic E-state index is 12.1. The number of amides is 1. The molecule has 2 aromatic heterocycles. The van der Waals surface area contributed by atoms with Crippen LogP contribution in [-0.4, -0.2) is 22.5 Å². The van der Waals surface area contributed by atoms with E-state index in [0.717, 1.165) is 21.3 Å². The zero-order chi connectivity index (χ0) is 17.1. The summed E-state index contributed by atoms with van der Waals surface area (Å²) in [6.45, 7) is 5.93. The quantitative estimate of drug-likeness (QED) is 0.770. The number of thiophene rings is 1. The highest BCUT2D eigenvalue weighted by Crippen LogP contribution is 2.33. The van der Waals surface area contributed by atoms with Gasteiger partial charge >= 0.3 is 0 Å². The molecule has 24 heavy (non-hydrogen) atoms. The standard InChI is InChI=1S/C18H19N3O2S/c1-11-13(3)24-18-16(11)17(19-10-20-18)23-9-15(22)21-12(2)14-7-5-4-6-8-14/h4-8,10,12H,9H2,1-3H3,(H,21,22)/t12-/m1/s1. The van der Waals surface area contributed by atoms with Crippen LogP contribution in [0.1, 0.15) is 29.0 Å². The molecule has 1 aromatic carbocycles. The Kier molecular flexibility index (Phi) is 4.76. The van der Waals surface area contributed by atoms with Crippen LogP contribution >= 0.6 is 11.3 Å². The van der Waals surface area contributed by atoms with E-state index in [9.17, 15) is 4.79 Å². The Bertz CT molecular complexity index is 861. The largest absolute Gasteiger partial charge is 0.467 e. The van der Waals surface area contributed by atoms with Crippen LogP contribution in [-0.2, 0) is 4.79 Å². The van der Waals surface area contributed by atoms with Crippen LogP contribution in [0.3, 0.4) is 0 Å². The molecule has 0 fully saturated rings. The minimum absolute atomic E-state index is 0.0714. The van der Waals surface area contributed by atoms with Gasteiger partial charge in [0.05, 0.1) is 11.4 Å². The number of hydrogen-bond acceptors (Lipinski definition) is 5. The molecule has 0 radical (unpaired) electrons. The van der Waals surface area contributed by atoms with E-state index in [-0.39, 0.29) is 18.6 Å². The van der Waals surface area contributed by atoms with Gasteiger partial charge < -0.3 is 10.1 Å². The van der Waals surface area contributed by atoms with E-state index in [1.54, 1.807) is 11.3 Å². The number of nitrogens with one attached hydrogen (secondary N) is 1. The van der Waals surface area contributed by atoms with Gasteiger partial charge in [0.1, 0.15) is 11.2 Å². The molecule has 1 atom stereocenters. The van der Waals surface area contributed by atoms with Crippen LogP contribution in [0.25, 0.3) is 10.2 Å². The number of carbonyl (C=O) groups excluding carboxylic acids is 1. The van der Waals surface area contributed by atoms with Gasteiger partial charge in [0.15, 0.2) is 6.61 Å². The minimum atomic E-state index is -0.178. The first-order chi connectivity index (χ1) is 11.6. The number of aromatic nitrogens is 2. The van der Waals surface area contributed by atoms with Crippen molar-refractivity contribution in [2.45, 2.75) is 26.8 Å². The zero-order valence-corrected chi connectivity index (χ0v) is 14.7. The number of ether oxygens (including phenoxy) is 1. The third-order valence-electron chi connectivity index (χ3n) is 3.95. The molecular weight excluding hydrogens is 322 g/mol. The summed E-state index contributed by atoms with van der Waals surface area (Å²) >= 11 is 1.60. The number of hydrogen-bond donors (Lipinski definition) is 1. The van der Waals surface area contributed by atoms with Crippen molar-refractivity contribution in [1.29, 1.82) is 0 Å². The molecule has 2 heterocycles. The number of benzene rings is 1. The normalized spacial score (nSPS) is 12.1. The molecule has 6 heteroatoms. The molecule has 0 saturated carbocycles. The maximum atomic E-state index is 12.1. The lowest BCUT2D eigenvalue weighted by Gasteiger charge is -2.14. The lowest BCUT2D eigenvalue weighted by molar-refractivity contribution is -0.123. The zero-order valence-electron chi connectivity index (χ0n) is 13.9. The van der Waals surface area contributed by atoms with Crippen molar-refractivity contribution < 1.29 is 9.53 Å². The second-order valence-electron chi connectivity index (χ2n) is 5.63. The molecular formula is C18H19N3O2S. The summed E-state index contributed by atoms with van der Waals surface area (Å²) in [4.78, 5) is 22.7. The van der Waals surface area contributed by atoms with Crippen LogP contribution in [0.5, 0.6) is 5.88 Å². The fraction of sp³-hybridized carbons (Fsp3) is 0.278. The number of fused-ring (bicyclic) bond motifs is 1. The van der Waals surface area contributed by atoms with Gasteiger partial charge in [0, 0.05) is 4.88 Å². The van der Waals surface area contributed by atoms with Crippen LogP contribution < -0.4 is 10.1 Å². The topological polar surface area (TPSA) is 64.1 Å². The van der Waals surface area contributed by atoms with Gasteiger partial charge in [-0.1, -0.05) is 30.3 Å². The number of nitrogens with zero attached hydrogens (tertiary/aromatic N) is 2. The molecule has 5 nitrogen and oxygen atoms in total. The van der Waals surface area contributed by atoms with E-state index in [0.29, 0.717) is 5.88 Å². The van der Waals surface area contributed by atoms with Crippen molar-refractivity contribution in [2.75, 3.05) is 6.61 Å². The van der Waals surface area contributed by atoms with Gasteiger partial charge in [-0.05, 0) is 31.9 Å². The highest BCUT2D eigenvalue weighted by Gasteiger charge is 2.15.